The molecule has 0 bridgehead atoms. The normalized spacial score (nSPS) is 10.9. The van der Waals surface area contributed by atoms with Crippen molar-refractivity contribution in [3.05, 3.63) is 70.1 Å². The van der Waals surface area contributed by atoms with Gasteiger partial charge < -0.3 is 14.2 Å². The molecule has 0 atom stereocenters. The molecule has 0 fully saturated rings. The highest BCUT2D eigenvalue weighted by atomic mass is 32.1. The van der Waals surface area contributed by atoms with Crippen LogP contribution in [0.15, 0.2) is 59.0 Å². The van der Waals surface area contributed by atoms with E-state index in [1.165, 1.54) is 16.9 Å². The molecule has 6 nitrogen and oxygen atoms in total. The maximum Gasteiger partial charge on any atom is 0.262 e. The van der Waals surface area contributed by atoms with Crippen LogP contribution in [0.2, 0.25) is 0 Å². The van der Waals surface area contributed by atoms with Crippen LogP contribution in [0.1, 0.15) is 5.56 Å². The largest absolute Gasteiger partial charge is 0.493 e. The molecule has 0 aliphatic heterocycles. The average Bonchev–Trinajstić information content (AvgIpc) is 3.21. The van der Waals surface area contributed by atoms with E-state index >= 15 is 0 Å². The SMILES string of the molecule is COc1ccc(-c2csc3ncn(CCOc4ccc(C)cc4)c(=O)c23)cc1OC. The van der Waals surface area contributed by atoms with Crippen molar-refractivity contribution < 1.29 is 14.2 Å². The van der Waals surface area contributed by atoms with Crippen LogP contribution >= 0.6 is 11.3 Å². The smallest absolute Gasteiger partial charge is 0.262 e. The molecule has 4 rings (SSSR count). The van der Waals surface area contributed by atoms with Crippen molar-refractivity contribution in [1.82, 2.24) is 9.55 Å². The standard InChI is InChI=1S/C23H22N2O4S/c1-15-4-7-17(8-5-15)29-11-10-25-14-24-22-21(23(25)26)18(13-30-22)16-6-9-19(27-2)20(12-16)28-3/h4-9,12-14H,10-11H2,1-3H3. The Labute approximate surface area is 178 Å². The minimum absolute atomic E-state index is 0.0847. The van der Waals surface area contributed by atoms with Crippen molar-refractivity contribution in [2.24, 2.45) is 0 Å². The van der Waals surface area contributed by atoms with Gasteiger partial charge in [0.05, 0.1) is 32.5 Å². The van der Waals surface area contributed by atoms with Gasteiger partial charge in [0.2, 0.25) is 0 Å². The van der Waals surface area contributed by atoms with Gasteiger partial charge in [-0.05, 0) is 36.8 Å². The second-order valence-corrected chi connectivity index (χ2v) is 7.66. The summed E-state index contributed by atoms with van der Waals surface area (Å²) in [6.45, 7) is 2.82. The summed E-state index contributed by atoms with van der Waals surface area (Å²) in [7, 11) is 3.19. The summed E-state index contributed by atoms with van der Waals surface area (Å²) in [5.74, 6) is 2.04. The van der Waals surface area contributed by atoms with Crippen molar-refractivity contribution in [2.75, 3.05) is 20.8 Å². The lowest BCUT2D eigenvalue weighted by molar-refractivity contribution is 0.296. The minimum Gasteiger partial charge on any atom is -0.493 e. The Morgan fingerprint density at radius 2 is 1.80 bits per heavy atom. The summed E-state index contributed by atoms with van der Waals surface area (Å²) in [5, 5.41) is 2.55. The number of ether oxygens (including phenoxy) is 3. The topological polar surface area (TPSA) is 62.6 Å². The number of hydrogen-bond acceptors (Lipinski definition) is 6. The average molecular weight is 423 g/mol. The third-order valence-electron chi connectivity index (χ3n) is 4.88. The summed E-state index contributed by atoms with van der Waals surface area (Å²) < 4.78 is 18.1. The fourth-order valence-electron chi connectivity index (χ4n) is 3.24. The zero-order chi connectivity index (χ0) is 21.1. The molecule has 2 aromatic heterocycles. The van der Waals surface area contributed by atoms with Gasteiger partial charge >= 0.3 is 0 Å². The van der Waals surface area contributed by atoms with Gasteiger partial charge in [-0.2, -0.15) is 0 Å². The van der Waals surface area contributed by atoms with Gasteiger partial charge in [0.25, 0.3) is 5.56 Å². The van der Waals surface area contributed by atoms with Gasteiger partial charge in [-0.1, -0.05) is 23.8 Å². The van der Waals surface area contributed by atoms with Crippen molar-refractivity contribution in [3.8, 4) is 28.4 Å². The molecular weight excluding hydrogens is 400 g/mol. The van der Waals surface area contributed by atoms with Crippen LogP contribution in [-0.4, -0.2) is 30.4 Å². The number of fused-ring (bicyclic) bond motifs is 1. The predicted octanol–water partition coefficient (Wildman–Crippen LogP) is 4.53. The molecule has 7 heteroatoms. The Hall–Kier alpha value is -3.32. The van der Waals surface area contributed by atoms with E-state index in [0.717, 1.165) is 16.9 Å². The molecule has 154 valence electrons. The fraction of sp³-hybridized carbons (Fsp3) is 0.217. The molecule has 2 heterocycles. The van der Waals surface area contributed by atoms with Crippen LogP contribution in [-0.2, 0) is 6.54 Å². The van der Waals surface area contributed by atoms with E-state index in [9.17, 15) is 4.79 Å². The Kier molecular flexibility index (Phi) is 5.72. The van der Waals surface area contributed by atoms with E-state index in [1.807, 2.05) is 54.8 Å². The molecule has 30 heavy (non-hydrogen) atoms. The summed E-state index contributed by atoms with van der Waals surface area (Å²) in [5.41, 5.74) is 2.81. The van der Waals surface area contributed by atoms with Crippen molar-refractivity contribution in [1.29, 1.82) is 0 Å². The van der Waals surface area contributed by atoms with Crippen LogP contribution < -0.4 is 19.8 Å². The number of aromatic nitrogens is 2. The van der Waals surface area contributed by atoms with E-state index in [1.54, 1.807) is 25.1 Å². The van der Waals surface area contributed by atoms with Gasteiger partial charge in [0.1, 0.15) is 17.2 Å². The van der Waals surface area contributed by atoms with E-state index in [0.29, 0.717) is 34.9 Å². The molecule has 4 aromatic rings. The Balaban J connectivity index is 1.62. The van der Waals surface area contributed by atoms with Gasteiger partial charge in [-0.25, -0.2) is 4.98 Å². The molecule has 0 amide bonds. The zero-order valence-corrected chi connectivity index (χ0v) is 17.9. The predicted molar refractivity (Wildman–Crippen MR) is 119 cm³/mol. The molecule has 0 saturated carbocycles. The van der Waals surface area contributed by atoms with Gasteiger partial charge in [0, 0.05) is 10.9 Å². The zero-order valence-electron chi connectivity index (χ0n) is 17.0. The molecule has 0 aliphatic rings. The highest BCUT2D eigenvalue weighted by Gasteiger charge is 2.15. The van der Waals surface area contributed by atoms with Crippen molar-refractivity contribution in [2.45, 2.75) is 13.5 Å². The number of hydrogen-bond donors (Lipinski definition) is 0. The van der Waals surface area contributed by atoms with Gasteiger partial charge in [-0.3, -0.25) is 9.36 Å². The summed E-state index contributed by atoms with van der Waals surface area (Å²) in [6, 6.07) is 13.5. The molecule has 0 saturated heterocycles. The third-order valence-corrected chi connectivity index (χ3v) is 5.76. The van der Waals surface area contributed by atoms with Gasteiger partial charge in [0.15, 0.2) is 11.5 Å². The fourth-order valence-corrected chi connectivity index (χ4v) is 4.15. The van der Waals surface area contributed by atoms with Crippen molar-refractivity contribution >= 4 is 21.6 Å². The maximum absolute atomic E-state index is 13.2. The number of methoxy groups -OCH3 is 2. The molecule has 0 spiro atoms. The van der Waals surface area contributed by atoms with Gasteiger partial charge in [-0.15, -0.1) is 11.3 Å². The molecule has 0 unspecified atom stereocenters. The molecule has 0 N–H and O–H groups in total. The number of nitrogens with zero attached hydrogens (tertiary/aromatic N) is 2. The summed E-state index contributed by atoms with van der Waals surface area (Å²) in [4.78, 5) is 18.3. The van der Waals surface area contributed by atoms with Crippen molar-refractivity contribution in [3.63, 3.8) is 0 Å². The first-order valence-electron chi connectivity index (χ1n) is 9.49. The molecule has 0 radical (unpaired) electrons. The van der Waals surface area contributed by atoms with Crippen LogP contribution in [0.3, 0.4) is 0 Å². The quantitative estimate of drug-likeness (QED) is 0.438. The minimum atomic E-state index is -0.0847. The molecule has 0 aliphatic carbocycles. The van der Waals surface area contributed by atoms with E-state index in [2.05, 4.69) is 4.98 Å². The number of aryl methyl sites for hydroxylation is 1. The number of thiophene rings is 1. The van der Waals surface area contributed by atoms with Crippen LogP contribution in [0.5, 0.6) is 17.2 Å². The van der Waals surface area contributed by atoms with E-state index in [-0.39, 0.29) is 5.56 Å². The molecule has 2 aromatic carbocycles. The Bertz CT molecular complexity index is 1230. The Morgan fingerprint density at radius 1 is 1.03 bits per heavy atom. The highest BCUT2D eigenvalue weighted by molar-refractivity contribution is 7.17. The summed E-state index contributed by atoms with van der Waals surface area (Å²) >= 11 is 1.45. The van der Waals surface area contributed by atoms with Crippen LogP contribution in [0.4, 0.5) is 0 Å². The first kappa shape index (κ1) is 20.0. The third kappa shape index (κ3) is 3.89. The number of benzene rings is 2. The monoisotopic (exact) mass is 422 g/mol. The first-order chi connectivity index (χ1) is 14.6. The first-order valence-corrected chi connectivity index (χ1v) is 10.4. The lowest BCUT2D eigenvalue weighted by Crippen LogP contribution is -2.23. The highest BCUT2D eigenvalue weighted by Crippen LogP contribution is 2.36. The second-order valence-electron chi connectivity index (χ2n) is 6.80. The number of rotatable bonds is 7. The maximum atomic E-state index is 13.2. The molecular formula is C23H22N2O4S. The summed E-state index contributed by atoms with van der Waals surface area (Å²) in [6.07, 6.45) is 1.58. The lowest BCUT2D eigenvalue weighted by Gasteiger charge is -2.10. The second kappa shape index (κ2) is 8.59. The Morgan fingerprint density at radius 3 is 2.53 bits per heavy atom. The van der Waals surface area contributed by atoms with E-state index < -0.39 is 0 Å². The van der Waals surface area contributed by atoms with E-state index in [4.69, 9.17) is 14.2 Å². The van der Waals surface area contributed by atoms with Crippen LogP contribution in [0, 0.1) is 6.92 Å². The lowest BCUT2D eigenvalue weighted by atomic mass is 10.1. The van der Waals surface area contributed by atoms with Crippen LogP contribution in [0.25, 0.3) is 21.3 Å².